The maximum atomic E-state index is 13.3. The van der Waals surface area contributed by atoms with Crippen LogP contribution in [0.15, 0.2) is 54.6 Å². The quantitative estimate of drug-likeness (QED) is 0.385. The Morgan fingerprint density at radius 3 is 2.24 bits per heavy atom. The van der Waals surface area contributed by atoms with Crippen molar-refractivity contribution in [3.63, 3.8) is 0 Å². The molecule has 1 heterocycles. The van der Waals surface area contributed by atoms with Crippen molar-refractivity contribution in [1.29, 1.82) is 0 Å². The van der Waals surface area contributed by atoms with Crippen molar-refractivity contribution < 1.29 is 19.1 Å². The van der Waals surface area contributed by atoms with Crippen LogP contribution in [0.4, 0.5) is 5.69 Å². The molecule has 0 aliphatic rings. The number of ether oxygens (including phenoxy) is 2. The van der Waals surface area contributed by atoms with Gasteiger partial charge in [0, 0.05) is 17.9 Å². The highest BCUT2D eigenvalue weighted by molar-refractivity contribution is 6.01. The minimum absolute atomic E-state index is 0.238. The van der Waals surface area contributed by atoms with Gasteiger partial charge in [0.05, 0.1) is 19.2 Å². The molecule has 1 amide bonds. The Bertz CT molecular complexity index is 1110. The third-order valence-electron chi connectivity index (χ3n) is 5.22. The normalized spacial score (nSPS) is 11.1. The van der Waals surface area contributed by atoms with Gasteiger partial charge in [-0.3, -0.25) is 4.79 Å². The van der Waals surface area contributed by atoms with Gasteiger partial charge in [-0.05, 0) is 62.6 Å². The summed E-state index contributed by atoms with van der Waals surface area (Å²) in [7, 11) is 1.62. The molecule has 34 heavy (non-hydrogen) atoms. The first-order chi connectivity index (χ1) is 16.2. The predicted molar refractivity (Wildman–Crippen MR) is 133 cm³/mol. The molecule has 0 saturated heterocycles. The summed E-state index contributed by atoms with van der Waals surface area (Å²) in [6.07, 6.45) is 0.502. The van der Waals surface area contributed by atoms with Crippen molar-refractivity contribution in [1.82, 2.24) is 10.3 Å². The fraction of sp³-hybridized carbons (Fsp3) is 0.333. The van der Waals surface area contributed by atoms with Crippen LogP contribution in [0.1, 0.15) is 65.4 Å². The lowest BCUT2D eigenvalue weighted by molar-refractivity contribution is 0.00622. The van der Waals surface area contributed by atoms with Gasteiger partial charge in [-0.2, -0.15) is 0 Å². The number of methoxy groups -OCH3 is 1. The molecule has 0 bridgehead atoms. The van der Waals surface area contributed by atoms with Crippen molar-refractivity contribution >= 4 is 17.6 Å². The maximum absolute atomic E-state index is 13.3. The summed E-state index contributed by atoms with van der Waals surface area (Å²) in [5.41, 5.74) is 3.27. The number of hydrogen-bond acceptors (Lipinski definition) is 5. The molecule has 0 saturated carbocycles. The highest BCUT2D eigenvalue weighted by Gasteiger charge is 2.28. The topological polar surface area (TPSA) is 92.5 Å². The fourth-order valence-electron chi connectivity index (χ4n) is 3.63. The van der Waals surface area contributed by atoms with E-state index in [1.54, 1.807) is 7.11 Å². The third kappa shape index (κ3) is 6.41. The third-order valence-corrected chi connectivity index (χ3v) is 5.22. The Morgan fingerprint density at radius 2 is 1.65 bits per heavy atom. The molecule has 0 spiro atoms. The number of esters is 1. The highest BCUT2D eigenvalue weighted by Crippen LogP contribution is 2.25. The molecule has 0 fully saturated rings. The van der Waals surface area contributed by atoms with Gasteiger partial charge in [-0.15, -0.1) is 0 Å². The molecule has 1 aromatic heterocycles. The Kier molecular flexibility index (Phi) is 7.99. The first-order valence-corrected chi connectivity index (χ1v) is 11.4. The monoisotopic (exact) mass is 463 g/mol. The summed E-state index contributed by atoms with van der Waals surface area (Å²) in [5, 5.41) is 6.30. The van der Waals surface area contributed by atoms with Gasteiger partial charge in [0.15, 0.2) is 0 Å². The predicted octanol–water partition coefficient (Wildman–Crippen LogP) is 5.08. The molecule has 3 N–H and O–H groups in total. The molecule has 7 nitrogen and oxygen atoms in total. The molecule has 3 rings (SSSR count). The molecule has 3 aromatic rings. The number of nitrogens with one attached hydrogen (secondary N) is 3. The van der Waals surface area contributed by atoms with Crippen LogP contribution < -0.4 is 15.4 Å². The molecular formula is C27H33N3O4. The zero-order valence-electron chi connectivity index (χ0n) is 20.5. The summed E-state index contributed by atoms with van der Waals surface area (Å²) in [6, 6.07) is 17.2. The number of anilines is 1. The average molecular weight is 464 g/mol. The summed E-state index contributed by atoms with van der Waals surface area (Å²) in [5.74, 6) is 0.0438. The van der Waals surface area contributed by atoms with E-state index in [0.29, 0.717) is 42.0 Å². The van der Waals surface area contributed by atoms with Crippen LogP contribution in [-0.4, -0.2) is 29.6 Å². The van der Waals surface area contributed by atoms with Crippen molar-refractivity contribution in [2.75, 3.05) is 12.4 Å². The maximum Gasteiger partial charge on any atom is 0.355 e. The number of aromatic nitrogens is 1. The molecule has 0 aliphatic carbocycles. The first kappa shape index (κ1) is 24.9. The molecule has 0 aliphatic heterocycles. The van der Waals surface area contributed by atoms with Crippen LogP contribution in [0.25, 0.3) is 0 Å². The van der Waals surface area contributed by atoms with Crippen LogP contribution in [-0.2, 0) is 24.2 Å². The minimum Gasteiger partial charge on any atom is -0.497 e. The van der Waals surface area contributed by atoms with E-state index in [9.17, 15) is 9.59 Å². The molecule has 7 heteroatoms. The molecular weight excluding hydrogens is 430 g/mol. The second-order valence-electron chi connectivity index (χ2n) is 8.94. The minimum atomic E-state index is -0.648. The first-order valence-electron chi connectivity index (χ1n) is 11.4. The van der Waals surface area contributed by atoms with Crippen molar-refractivity contribution in [2.45, 2.75) is 52.8 Å². The lowest BCUT2D eigenvalue weighted by Gasteiger charge is -2.19. The van der Waals surface area contributed by atoms with Gasteiger partial charge < -0.3 is 25.1 Å². The smallest absolute Gasteiger partial charge is 0.355 e. The van der Waals surface area contributed by atoms with Crippen molar-refractivity contribution in [3.05, 3.63) is 82.7 Å². The summed E-state index contributed by atoms with van der Waals surface area (Å²) in [6.45, 7) is 8.10. The van der Waals surface area contributed by atoms with Gasteiger partial charge >= 0.3 is 5.97 Å². The SMILES string of the molecule is CCc1c(C(=O)OC(C)(C)C)[nH]c(CNc2ccc(OC)cc2)c1C(=O)NCc1ccccc1. The molecule has 180 valence electrons. The van der Waals surface area contributed by atoms with Crippen molar-refractivity contribution in [2.24, 2.45) is 0 Å². The Balaban J connectivity index is 1.90. The number of amides is 1. The van der Waals surface area contributed by atoms with E-state index in [-0.39, 0.29) is 5.91 Å². The molecule has 2 aromatic carbocycles. The molecule has 0 unspecified atom stereocenters. The average Bonchev–Trinajstić information content (AvgIpc) is 3.20. The van der Waals surface area contributed by atoms with Crippen molar-refractivity contribution in [3.8, 4) is 5.75 Å². The summed E-state index contributed by atoms with van der Waals surface area (Å²) < 4.78 is 10.8. The summed E-state index contributed by atoms with van der Waals surface area (Å²) >= 11 is 0. The number of aromatic amines is 1. The zero-order chi connectivity index (χ0) is 24.7. The second kappa shape index (κ2) is 10.9. The Hall–Kier alpha value is -3.74. The Labute approximate surface area is 200 Å². The fourth-order valence-corrected chi connectivity index (χ4v) is 3.63. The number of carbonyl (C=O) groups is 2. The van der Waals surface area contributed by atoms with Gasteiger partial charge in [-0.25, -0.2) is 4.79 Å². The highest BCUT2D eigenvalue weighted by atomic mass is 16.6. The van der Waals surface area contributed by atoms with E-state index in [1.807, 2.05) is 82.3 Å². The molecule has 0 radical (unpaired) electrons. The van der Waals surface area contributed by atoms with E-state index in [0.717, 1.165) is 17.0 Å². The number of H-pyrrole nitrogens is 1. The largest absolute Gasteiger partial charge is 0.497 e. The van der Waals surface area contributed by atoms with E-state index in [1.165, 1.54) is 0 Å². The zero-order valence-corrected chi connectivity index (χ0v) is 20.5. The lowest BCUT2D eigenvalue weighted by atomic mass is 10.0. The van der Waals surface area contributed by atoms with E-state index >= 15 is 0 Å². The summed E-state index contributed by atoms with van der Waals surface area (Å²) in [4.78, 5) is 29.4. The lowest BCUT2D eigenvalue weighted by Crippen LogP contribution is -2.26. The van der Waals surface area contributed by atoms with Gasteiger partial charge in [0.25, 0.3) is 5.91 Å². The standard InChI is InChI=1S/C27H33N3O4/c1-6-21-23(25(31)29-16-18-10-8-7-9-11-18)22(30-24(21)26(32)34-27(2,3)4)17-28-19-12-14-20(33-5)15-13-19/h7-15,28,30H,6,16-17H2,1-5H3,(H,29,31). The number of carbonyl (C=O) groups excluding carboxylic acids is 2. The molecule has 0 atom stereocenters. The van der Waals surface area contributed by atoms with Gasteiger partial charge in [0.1, 0.15) is 17.0 Å². The van der Waals surface area contributed by atoms with Gasteiger partial charge in [0.2, 0.25) is 0 Å². The Morgan fingerprint density at radius 1 is 0.971 bits per heavy atom. The van der Waals surface area contributed by atoms with E-state index in [4.69, 9.17) is 9.47 Å². The van der Waals surface area contributed by atoms with Gasteiger partial charge in [-0.1, -0.05) is 37.3 Å². The van der Waals surface area contributed by atoms with Crippen LogP contribution in [0.5, 0.6) is 5.75 Å². The van der Waals surface area contributed by atoms with Crippen LogP contribution in [0.3, 0.4) is 0 Å². The number of hydrogen-bond donors (Lipinski definition) is 3. The van der Waals surface area contributed by atoms with E-state index in [2.05, 4.69) is 15.6 Å². The van der Waals surface area contributed by atoms with Crippen LogP contribution in [0.2, 0.25) is 0 Å². The number of rotatable bonds is 9. The number of benzene rings is 2. The van der Waals surface area contributed by atoms with E-state index < -0.39 is 11.6 Å². The second-order valence-corrected chi connectivity index (χ2v) is 8.94. The van der Waals surface area contributed by atoms with Crippen LogP contribution >= 0.6 is 0 Å². The van der Waals surface area contributed by atoms with Crippen LogP contribution in [0, 0.1) is 0 Å².